The molecular weight excluding hydrogens is 457 g/mol. The summed E-state index contributed by atoms with van der Waals surface area (Å²) in [7, 11) is 0. The molecule has 3 aliphatic heterocycles. The number of hydrogen-bond donors (Lipinski definition) is 0. The number of carbonyl (C=O) groups excluding carboxylic acids is 1. The number of fused-ring (bicyclic) bond motifs is 3. The van der Waals surface area contributed by atoms with Crippen molar-refractivity contribution < 1.29 is 22.8 Å². The molecule has 184 valence electrons. The predicted molar refractivity (Wildman–Crippen MR) is 128 cm³/mol. The number of nitrogens with zero attached hydrogens (tertiary/aromatic N) is 4. The Bertz CT molecular complexity index is 1110. The second-order valence-electron chi connectivity index (χ2n) is 9.07. The van der Waals surface area contributed by atoms with Crippen LogP contribution in [0.25, 0.3) is 6.08 Å². The summed E-state index contributed by atoms with van der Waals surface area (Å²) in [5.74, 6) is -2.25. The zero-order valence-electron chi connectivity index (χ0n) is 19.2. The van der Waals surface area contributed by atoms with Crippen molar-refractivity contribution in [1.29, 1.82) is 0 Å². The van der Waals surface area contributed by atoms with Crippen LogP contribution in [-0.2, 0) is 9.63 Å². The van der Waals surface area contributed by atoms with Gasteiger partial charge in [-0.05, 0) is 11.6 Å². The number of piperazine rings is 1. The van der Waals surface area contributed by atoms with Gasteiger partial charge in [-0.15, -0.1) is 0 Å². The molecule has 1 saturated heterocycles. The molecule has 3 aliphatic rings. The van der Waals surface area contributed by atoms with Crippen molar-refractivity contribution in [2.24, 2.45) is 11.1 Å². The van der Waals surface area contributed by atoms with E-state index >= 15 is 0 Å². The van der Waals surface area contributed by atoms with Gasteiger partial charge in [-0.2, -0.15) is 13.2 Å². The average molecular weight is 485 g/mol. The summed E-state index contributed by atoms with van der Waals surface area (Å²) < 4.78 is 39.9. The number of para-hydroxylation sites is 1. The molecule has 35 heavy (non-hydrogen) atoms. The Hall–Kier alpha value is -3.17. The van der Waals surface area contributed by atoms with Crippen molar-refractivity contribution in [3.05, 3.63) is 71.8 Å². The lowest BCUT2D eigenvalue weighted by molar-refractivity contribution is -0.170. The van der Waals surface area contributed by atoms with Crippen molar-refractivity contribution in [3.63, 3.8) is 0 Å². The maximum Gasteiger partial charge on any atom is 0.471 e. The molecule has 6 nitrogen and oxygen atoms in total. The smallest absolute Gasteiger partial charge is 0.390 e. The molecule has 0 radical (unpaired) electrons. The monoisotopic (exact) mass is 484 g/mol. The quantitative estimate of drug-likeness (QED) is 0.650. The third-order valence-corrected chi connectivity index (χ3v) is 6.80. The zero-order valence-corrected chi connectivity index (χ0v) is 19.2. The number of oxime groups is 1. The summed E-state index contributed by atoms with van der Waals surface area (Å²) in [6.07, 6.45) is -1.06. The molecule has 9 heteroatoms. The van der Waals surface area contributed by atoms with Gasteiger partial charge in [0.25, 0.3) is 0 Å². The van der Waals surface area contributed by atoms with Gasteiger partial charge in [-0.1, -0.05) is 65.8 Å². The Balaban J connectivity index is 1.19. The van der Waals surface area contributed by atoms with E-state index in [0.29, 0.717) is 17.8 Å². The fourth-order valence-electron chi connectivity index (χ4n) is 4.93. The molecule has 0 aromatic heterocycles. The first-order valence-electron chi connectivity index (χ1n) is 11.8. The van der Waals surface area contributed by atoms with E-state index in [-0.39, 0.29) is 12.2 Å². The number of alkyl halides is 3. The van der Waals surface area contributed by atoms with Crippen molar-refractivity contribution in [1.82, 2.24) is 9.80 Å². The van der Waals surface area contributed by atoms with Crippen LogP contribution in [0.15, 0.2) is 65.8 Å². The van der Waals surface area contributed by atoms with Crippen LogP contribution in [0.2, 0.25) is 0 Å². The predicted octanol–water partition coefficient (Wildman–Crippen LogP) is 3.65. The summed E-state index contributed by atoms with van der Waals surface area (Å²) >= 11 is 0. The van der Waals surface area contributed by atoms with Crippen LogP contribution in [-0.4, -0.2) is 79.5 Å². The molecular formula is C26H27F3N4O2. The van der Waals surface area contributed by atoms with Crippen LogP contribution in [0.1, 0.15) is 11.1 Å². The van der Waals surface area contributed by atoms with Gasteiger partial charge in [0.2, 0.25) is 0 Å². The van der Waals surface area contributed by atoms with Gasteiger partial charge in [0.1, 0.15) is 6.10 Å². The number of halogens is 3. The van der Waals surface area contributed by atoms with Gasteiger partial charge in [0, 0.05) is 51.4 Å². The molecule has 0 saturated carbocycles. The molecule has 1 fully saturated rings. The van der Waals surface area contributed by atoms with Crippen LogP contribution in [0, 0.1) is 5.92 Å². The number of amides is 1. The highest BCUT2D eigenvalue weighted by molar-refractivity contribution is 6.13. The van der Waals surface area contributed by atoms with Crippen molar-refractivity contribution in [2.45, 2.75) is 12.3 Å². The SMILES string of the molecule is O=C(N1C[C@@H]2C(=NO[C@H]2CN2CCN(C/C=C/c3ccccc3)CC2)c2ccccc21)C(F)(F)F. The molecule has 0 spiro atoms. The van der Waals surface area contributed by atoms with Crippen molar-refractivity contribution in [3.8, 4) is 0 Å². The van der Waals surface area contributed by atoms with Crippen LogP contribution < -0.4 is 4.90 Å². The van der Waals surface area contributed by atoms with E-state index in [1.54, 1.807) is 18.2 Å². The van der Waals surface area contributed by atoms with E-state index in [2.05, 4.69) is 39.2 Å². The van der Waals surface area contributed by atoms with E-state index in [0.717, 1.165) is 37.6 Å². The number of benzene rings is 2. The van der Waals surface area contributed by atoms with Gasteiger partial charge in [-0.3, -0.25) is 14.6 Å². The maximum absolute atomic E-state index is 13.3. The second kappa shape index (κ2) is 9.83. The Kier molecular flexibility index (Phi) is 6.62. The van der Waals surface area contributed by atoms with E-state index < -0.39 is 24.1 Å². The lowest BCUT2D eigenvalue weighted by Gasteiger charge is -2.38. The minimum atomic E-state index is -4.94. The molecule has 0 N–H and O–H groups in total. The first kappa shape index (κ1) is 23.6. The Labute approximate surface area is 202 Å². The number of rotatable bonds is 5. The van der Waals surface area contributed by atoms with Gasteiger partial charge < -0.3 is 9.74 Å². The number of hydrogen-bond acceptors (Lipinski definition) is 5. The van der Waals surface area contributed by atoms with Crippen LogP contribution >= 0.6 is 0 Å². The van der Waals surface area contributed by atoms with E-state index in [1.165, 1.54) is 11.6 Å². The minimum Gasteiger partial charge on any atom is -0.390 e. The first-order valence-corrected chi connectivity index (χ1v) is 11.8. The Morgan fingerprint density at radius 3 is 2.43 bits per heavy atom. The molecule has 1 amide bonds. The highest BCUT2D eigenvalue weighted by atomic mass is 19.4. The fourth-order valence-corrected chi connectivity index (χ4v) is 4.93. The van der Waals surface area contributed by atoms with E-state index in [4.69, 9.17) is 4.84 Å². The van der Waals surface area contributed by atoms with Gasteiger partial charge in [-0.25, -0.2) is 0 Å². The molecule has 0 aliphatic carbocycles. The molecule has 2 aromatic carbocycles. The summed E-state index contributed by atoms with van der Waals surface area (Å²) in [5.41, 5.74) is 2.55. The molecule has 2 aromatic rings. The van der Waals surface area contributed by atoms with Gasteiger partial charge in [0.05, 0.1) is 17.3 Å². The molecule has 0 unspecified atom stereocenters. The van der Waals surface area contributed by atoms with Crippen LogP contribution in [0.5, 0.6) is 0 Å². The minimum absolute atomic E-state index is 0.0941. The summed E-state index contributed by atoms with van der Waals surface area (Å²) in [6, 6.07) is 16.7. The summed E-state index contributed by atoms with van der Waals surface area (Å²) in [5, 5.41) is 4.24. The zero-order chi connectivity index (χ0) is 24.4. The lowest BCUT2D eigenvalue weighted by Crippen LogP contribution is -2.53. The van der Waals surface area contributed by atoms with Gasteiger partial charge in [0.15, 0.2) is 0 Å². The van der Waals surface area contributed by atoms with Crippen molar-refractivity contribution in [2.75, 3.05) is 50.7 Å². The van der Waals surface area contributed by atoms with Gasteiger partial charge >= 0.3 is 12.1 Å². The van der Waals surface area contributed by atoms with Crippen molar-refractivity contribution >= 4 is 23.4 Å². The highest BCUT2D eigenvalue weighted by Gasteiger charge is 2.49. The number of anilines is 1. The summed E-state index contributed by atoms with van der Waals surface area (Å²) in [4.78, 5) is 23.4. The highest BCUT2D eigenvalue weighted by Crippen LogP contribution is 2.37. The second-order valence-corrected chi connectivity index (χ2v) is 9.07. The summed E-state index contributed by atoms with van der Waals surface area (Å²) in [6.45, 7) is 4.79. The number of carbonyl (C=O) groups is 1. The Morgan fingerprint density at radius 1 is 1.00 bits per heavy atom. The molecule has 0 bridgehead atoms. The third kappa shape index (κ3) is 5.11. The topological polar surface area (TPSA) is 48.4 Å². The first-order chi connectivity index (χ1) is 16.9. The normalized spacial score (nSPS) is 23.1. The molecule has 2 atom stereocenters. The standard InChI is InChI=1S/C26H27F3N4O2/c27-26(28,29)25(34)33-17-21-23(35-30-24(21)20-10-4-5-11-22(20)33)18-32-15-13-31(14-16-32)12-6-9-19-7-2-1-3-8-19/h1-11,21,23H,12-18H2/b9-6+/t21-,23-/m0/s1. The van der Waals surface area contributed by atoms with E-state index in [1.807, 2.05) is 18.2 Å². The van der Waals surface area contributed by atoms with Crippen LogP contribution in [0.4, 0.5) is 18.9 Å². The largest absolute Gasteiger partial charge is 0.471 e. The fraction of sp³-hybridized carbons (Fsp3) is 0.385. The Morgan fingerprint density at radius 2 is 1.69 bits per heavy atom. The lowest BCUT2D eigenvalue weighted by atomic mass is 9.86. The maximum atomic E-state index is 13.3. The molecule has 3 heterocycles. The molecule has 5 rings (SSSR count). The van der Waals surface area contributed by atoms with E-state index in [9.17, 15) is 18.0 Å². The third-order valence-electron chi connectivity index (χ3n) is 6.80. The average Bonchev–Trinajstić information content (AvgIpc) is 3.27. The van der Waals surface area contributed by atoms with Crippen LogP contribution in [0.3, 0.4) is 0 Å².